The third kappa shape index (κ3) is 3.80. The number of carbonyl (C=O) groups excluding carboxylic acids is 1. The summed E-state index contributed by atoms with van der Waals surface area (Å²) >= 11 is 0. The maximum Gasteiger partial charge on any atom is 0.405 e. The molecule has 1 heterocycles. The zero-order chi connectivity index (χ0) is 22.0. The van der Waals surface area contributed by atoms with Gasteiger partial charge >= 0.3 is 6.09 Å². The van der Waals surface area contributed by atoms with Crippen LogP contribution in [0.15, 0.2) is 36.5 Å². The van der Waals surface area contributed by atoms with Gasteiger partial charge in [0.1, 0.15) is 11.6 Å². The molecule has 6 nitrogen and oxygen atoms in total. The minimum Gasteiger partial charge on any atom is -0.478 e. The van der Waals surface area contributed by atoms with E-state index in [1.54, 1.807) is 25.1 Å². The van der Waals surface area contributed by atoms with Crippen molar-refractivity contribution in [2.24, 2.45) is 0 Å². The second kappa shape index (κ2) is 8.44. The zero-order valence-electron chi connectivity index (χ0n) is 16.6. The van der Waals surface area contributed by atoms with Crippen molar-refractivity contribution in [2.45, 2.75) is 26.8 Å². The van der Waals surface area contributed by atoms with Gasteiger partial charge in [0, 0.05) is 22.7 Å². The first-order valence-electron chi connectivity index (χ1n) is 9.29. The van der Waals surface area contributed by atoms with Crippen molar-refractivity contribution in [1.82, 2.24) is 10.3 Å². The Bertz CT molecular complexity index is 1150. The van der Waals surface area contributed by atoms with Crippen LogP contribution in [-0.4, -0.2) is 28.6 Å². The molecule has 0 aliphatic heterocycles. The minimum atomic E-state index is -1.36. The van der Waals surface area contributed by atoms with E-state index >= 15 is 4.39 Å². The number of benzene rings is 2. The van der Waals surface area contributed by atoms with Crippen LogP contribution in [0.5, 0.6) is 5.88 Å². The monoisotopic (exact) mass is 414 g/mol. The second-order valence-electron chi connectivity index (χ2n) is 6.73. The van der Waals surface area contributed by atoms with Crippen LogP contribution in [0.4, 0.5) is 13.6 Å². The highest BCUT2D eigenvalue weighted by atomic mass is 19.1. The molecular weight excluding hydrogens is 394 g/mol. The highest BCUT2D eigenvalue weighted by Crippen LogP contribution is 2.31. The van der Waals surface area contributed by atoms with Gasteiger partial charge in [-0.3, -0.25) is 4.79 Å². The van der Waals surface area contributed by atoms with E-state index in [4.69, 9.17) is 9.84 Å². The topological polar surface area (TPSA) is 88.5 Å². The van der Waals surface area contributed by atoms with Gasteiger partial charge in [0.2, 0.25) is 5.88 Å². The minimum absolute atomic E-state index is 0.0842. The Morgan fingerprint density at radius 2 is 1.97 bits per heavy atom. The number of rotatable bonds is 6. The van der Waals surface area contributed by atoms with Crippen LogP contribution in [-0.2, 0) is 0 Å². The number of halogens is 2. The van der Waals surface area contributed by atoms with Crippen molar-refractivity contribution in [3.8, 4) is 5.88 Å². The predicted molar refractivity (Wildman–Crippen MR) is 107 cm³/mol. The Morgan fingerprint density at radius 3 is 2.63 bits per heavy atom. The molecule has 0 aliphatic rings. The van der Waals surface area contributed by atoms with Crippen LogP contribution in [0.3, 0.4) is 0 Å². The Morgan fingerprint density at radius 1 is 1.23 bits per heavy atom. The molecule has 1 amide bonds. The van der Waals surface area contributed by atoms with Crippen molar-refractivity contribution < 1.29 is 28.2 Å². The molecule has 3 rings (SSSR count). The lowest BCUT2D eigenvalue weighted by atomic mass is 9.92. The number of fused-ring (bicyclic) bond motifs is 1. The number of hydrogen-bond acceptors (Lipinski definition) is 4. The molecule has 0 aliphatic carbocycles. The maximum atomic E-state index is 15.3. The van der Waals surface area contributed by atoms with Gasteiger partial charge in [-0.2, -0.15) is 0 Å². The van der Waals surface area contributed by atoms with E-state index in [-0.39, 0.29) is 16.7 Å². The van der Waals surface area contributed by atoms with Crippen molar-refractivity contribution in [3.05, 3.63) is 70.4 Å². The Labute approximate surface area is 171 Å². The van der Waals surface area contributed by atoms with Gasteiger partial charge in [-0.05, 0) is 49.9 Å². The highest BCUT2D eigenvalue weighted by molar-refractivity contribution is 6.17. The molecule has 0 radical (unpaired) electrons. The summed E-state index contributed by atoms with van der Waals surface area (Å²) in [5.74, 6) is -2.64. The summed E-state index contributed by atoms with van der Waals surface area (Å²) in [5.41, 5.74) is -0.540. The molecule has 2 N–H and O–H groups in total. The van der Waals surface area contributed by atoms with Crippen LogP contribution in [0.25, 0.3) is 10.8 Å². The number of nitrogens with one attached hydrogen (secondary N) is 1. The van der Waals surface area contributed by atoms with E-state index < -0.39 is 35.1 Å². The van der Waals surface area contributed by atoms with Crippen molar-refractivity contribution >= 4 is 22.6 Å². The summed E-state index contributed by atoms with van der Waals surface area (Å²) in [5, 5.41) is 12.1. The fourth-order valence-corrected chi connectivity index (χ4v) is 3.51. The van der Waals surface area contributed by atoms with Crippen molar-refractivity contribution in [2.75, 3.05) is 6.61 Å². The molecule has 30 heavy (non-hydrogen) atoms. The SMILES string of the molecule is CCOc1nccc2c(C(=O)c3c(F)cc(C)c(C(C)NC(=O)O)c3F)cccc12. The number of amides is 1. The average molecular weight is 414 g/mol. The summed E-state index contributed by atoms with van der Waals surface area (Å²) in [6.45, 7) is 5.03. The summed E-state index contributed by atoms with van der Waals surface area (Å²) in [6, 6.07) is 6.39. The lowest BCUT2D eigenvalue weighted by molar-refractivity contribution is 0.103. The standard InChI is InChI=1S/C22H20F2N2O4/c1-4-30-21-15-7-5-6-14(13(15)8-9-25-21)20(27)18-16(23)10-11(2)17(19(18)24)12(3)26-22(28)29/h5-10,12,26H,4H2,1-3H3,(H,28,29). The normalized spacial score (nSPS) is 11.9. The number of carbonyl (C=O) groups is 2. The van der Waals surface area contributed by atoms with Crippen LogP contribution in [0.1, 0.15) is 46.9 Å². The van der Waals surface area contributed by atoms with Gasteiger partial charge < -0.3 is 15.2 Å². The number of ketones is 1. The molecule has 0 spiro atoms. The fraction of sp³-hybridized carbons (Fsp3) is 0.227. The Hall–Kier alpha value is -3.55. The molecule has 1 aromatic heterocycles. The first-order chi connectivity index (χ1) is 14.3. The van der Waals surface area contributed by atoms with Gasteiger partial charge in [-0.1, -0.05) is 12.1 Å². The first-order valence-corrected chi connectivity index (χ1v) is 9.29. The first kappa shape index (κ1) is 21.2. The summed E-state index contributed by atoms with van der Waals surface area (Å²) < 4.78 is 35.5. The van der Waals surface area contributed by atoms with Gasteiger partial charge in [-0.25, -0.2) is 18.6 Å². The third-order valence-corrected chi connectivity index (χ3v) is 4.76. The molecule has 1 atom stereocenters. The van der Waals surface area contributed by atoms with Gasteiger partial charge in [0.05, 0.1) is 18.2 Å². The predicted octanol–water partition coefficient (Wildman–Crippen LogP) is 4.78. The van der Waals surface area contributed by atoms with Gasteiger partial charge in [-0.15, -0.1) is 0 Å². The lowest BCUT2D eigenvalue weighted by Crippen LogP contribution is -2.27. The summed E-state index contributed by atoms with van der Waals surface area (Å²) in [7, 11) is 0. The van der Waals surface area contributed by atoms with Crippen LogP contribution in [0.2, 0.25) is 0 Å². The quantitative estimate of drug-likeness (QED) is 0.567. The Balaban J connectivity index is 2.19. The molecule has 8 heteroatoms. The number of aromatic nitrogens is 1. The molecule has 3 aromatic rings. The number of ether oxygens (including phenoxy) is 1. The lowest BCUT2D eigenvalue weighted by Gasteiger charge is -2.18. The van der Waals surface area contributed by atoms with Crippen LogP contribution < -0.4 is 10.1 Å². The van der Waals surface area contributed by atoms with Crippen LogP contribution >= 0.6 is 0 Å². The maximum absolute atomic E-state index is 15.3. The highest BCUT2D eigenvalue weighted by Gasteiger charge is 2.27. The van der Waals surface area contributed by atoms with Gasteiger partial charge in [0.25, 0.3) is 0 Å². The van der Waals surface area contributed by atoms with Gasteiger partial charge in [0.15, 0.2) is 5.78 Å². The van der Waals surface area contributed by atoms with E-state index in [0.717, 1.165) is 6.07 Å². The molecule has 1 unspecified atom stereocenters. The van der Waals surface area contributed by atoms with E-state index in [9.17, 15) is 14.0 Å². The van der Waals surface area contributed by atoms with Crippen molar-refractivity contribution in [3.63, 3.8) is 0 Å². The molecular formula is C22H20F2N2O4. The van der Waals surface area contributed by atoms with E-state index in [1.807, 2.05) is 0 Å². The zero-order valence-corrected chi connectivity index (χ0v) is 16.6. The molecule has 0 fully saturated rings. The molecule has 0 saturated carbocycles. The molecule has 156 valence electrons. The largest absolute Gasteiger partial charge is 0.478 e. The van der Waals surface area contributed by atoms with E-state index in [0.29, 0.717) is 23.3 Å². The summed E-state index contributed by atoms with van der Waals surface area (Å²) in [6.07, 6.45) is 0.0967. The van der Waals surface area contributed by atoms with Crippen LogP contribution in [0, 0.1) is 18.6 Å². The average Bonchev–Trinajstić information content (AvgIpc) is 2.67. The second-order valence-corrected chi connectivity index (χ2v) is 6.73. The number of nitrogens with zero attached hydrogens (tertiary/aromatic N) is 1. The molecule has 0 saturated heterocycles. The third-order valence-electron chi connectivity index (χ3n) is 4.76. The fourth-order valence-electron chi connectivity index (χ4n) is 3.51. The molecule has 2 aromatic carbocycles. The number of pyridine rings is 1. The van der Waals surface area contributed by atoms with Crippen molar-refractivity contribution in [1.29, 1.82) is 0 Å². The number of carboxylic acid groups (broad SMARTS) is 1. The Kier molecular flexibility index (Phi) is 5.96. The summed E-state index contributed by atoms with van der Waals surface area (Å²) in [4.78, 5) is 28.3. The smallest absolute Gasteiger partial charge is 0.405 e. The van der Waals surface area contributed by atoms with E-state index in [2.05, 4.69) is 10.3 Å². The number of aryl methyl sites for hydroxylation is 1. The number of hydrogen-bond donors (Lipinski definition) is 2. The van der Waals surface area contributed by atoms with E-state index in [1.165, 1.54) is 26.1 Å². The molecule has 0 bridgehead atoms.